The summed E-state index contributed by atoms with van der Waals surface area (Å²) in [5.41, 5.74) is 1.14. The maximum Gasteiger partial charge on any atom is 0.191 e. The lowest BCUT2D eigenvalue weighted by Crippen LogP contribution is -2.45. The fraction of sp³-hybridized carbons (Fsp3) is 0.650. The van der Waals surface area contributed by atoms with Crippen LogP contribution in [0.3, 0.4) is 0 Å². The van der Waals surface area contributed by atoms with Gasteiger partial charge in [0.25, 0.3) is 0 Å². The van der Waals surface area contributed by atoms with E-state index in [2.05, 4.69) is 21.7 Å². The summed E-state index contributed by atoms with van der Waals surface area (Å²) >= 11 is 2.02. The van der Waals surface area contributed by atoms with Crippen molar-refractivity contribution >= 4 is 41.7 Å². The number of nitrogens with one attached hydrogen (secondary N) is 2. The molecule has 2 fully saturated rings. The lowest BCUT2D eigenvalue weighted by atomic mass is 10.1. The maximum absolute atomic E-state index is 6.28. The number of benzene rings is 1. The first-order chi connectivity index (χ1) is 12.8. The van der Waals surface area contributed by atoms with Crippen LogP contribution in [0.15, 0.2) is 23.2 Å². The summed E-state index contributed by atoms with van der Waals surface area (Å²) in [5, 5.41) is 6.99. The van der Waals surface area contributed by atoms with Gasteiger partial charge in [-0.1, -0.05) is 0 Å². The molecule has 0 amide bonds. The zero-order chi connectivity index (χ0) is 18.2. The minimum atomic E-state index is 0. The first kappa shape index (κ1) is 22.5. The van der Waals surface area contributed by atoms with Crippen molar-refractivity contribution in [3.8, 4) is 11.5 Å². The first-order valence-electron chi connectivity index (χ1n) is 9.67. The topological polar surface area (TPSA) is 54.9 Å². The summed E-state index contributed by atoms with van der Waals surface area (Å²) in [6, 6.07) is 6.58. The number of guanidine groups is 1. The second kappa shape index (κ2) is 11.9. The van der Waals surface area contributed by atoms with Crippen LogP contribution in [0.4, 0.5) is 0 Å². The fourth-order valence-electron chi connectivity index (χ4n) is 3.52. The number of aliphatic imine (C=N–C) groups is 1. The highest BCUT2D eigenvalue weighted by Gasteiger charge is 2.19. The molecule has 1 unspecified atom stereocenters. The van der Waals surface area contributed by atoms with Crippen molar-refractivity contribution in [1.82, 2.24) is 10.6 Å². The van der Waals surface area contributed by atoms with Gasteiger partial charge in [-0.3, -0.25) is 4.99 Å². The summed E-state index contributed by atoms with van der Waals surface area (Å²) in [4.78, 5) is 4.38. The molecule has 0 bridgehead atoms. The normalized spacial score (nSPS) is 20.7. The molecule has 1 saturated carbocycles. The Hall–Kier alpha value is -0.830. The van der Waals surface area contributed by atoms with Crippen molar-refractivity contribution in [2.75, 3.05) is 25.7 Å². The molecule has 1 heterocycles. The standard InChI is InChI=1S/C20H31N3O2S.HI/c1-21-20(23-16-6-5-11-26-14-16)22-13-15-9-10-18(24-2)12-19(15)25-17-7-3-4-8-17;/h9-10,12,16-17H,3-8,11,13-14H2,1-2H3,(H2,21,22,23);1H. The van der Waals surface area contributed by atoms with Crippen LogP contribution in [0, 0.1) is 0 Å². The molecular weight excluding hydrogens is 473 g/mol. The number of hydrogen-bond donors (Lipinski definition) is 2. The summed E-state index contributed by atoms with van der Waals surface area (Å²) in [6.07, 6.45) is 7.64. The molecule has 1 atom stereocenters. The van der Waals surface area contributed by atoms with Gasteiger partial charge in [-0.25, -0.2) is 0 Å². The van der Waals surface area contributed by atoms with Crippen LogP contribution in [-0.2, 0) is 6.54 Å². The zero-order valence-corrected chi connectivity index (χ0v) is 19.5. The SMILES string of the molecule is CN=C(NCc1ccc(OC)cc1OC1CCCC1)NC1CCCSC1.I. The van der Waals surface area contributed by atoms with Gasteiger partial charge < -0.3 is 20.1 Å². The lowest BCUT2D eigenvalue weighted by Gasteiger charge is -2.25. The van der Waals surface area contributed by atoms with E-state index in [0.29, 0.717) is 18.7 Å². The van der Waals surface area contributed by atoms with E-state index in [-0.39, 0.29) is 24.0 Å². The molecular formula is C20H32IN3O2S. The lowest BCUT2D eigenvalue weighted by molar-refractivity contribution is 0.207. The van der Waals surface area contributed by atoms with Gasteiger partial charge >= 0.3 is 0 Å². The van der Waals surface area contributed by atoms with Gasteiger partial charge in [-0.2, -0.15) is 11.8 Å². The number of hydrogen-bond acceptors (Lipinski definition) is 4. The van der Waals surface area contributed by atoms with Gasteiger partial charge in [0.05, 0.1) is 13.2 Å². The van der Waals surface area contributed by atoms with Crippen LogP contribution in [0.2, 0.25) is 0 Å². The highest BCUT2D eigenvalue weighted by Crippen LogP contribution is 2.30. The summed E-state index contributed by atoms with van der Waals surface area (Å²) in [6.45, 7) is 0.686. The first-order valence-corrected chi connectivity index (χ1v) is 10.8. The van der Waals surface area contributed by atoms with Crippen LogP contribution in [-0.4, -0.2) is 43.8 Å². The molecule has 1 aromatic carbocycles. The number of halogens is 1. The Morgan fingerprint density at radius 2 is 2.04 bits per heavy atom. The third-order valence-corrected chi connectivity index (χ3v) is 6.26. The van der Waals surface area contributed by atoms with E-state index in [1.165, 1.54) is 31.4 Å². The molecule has 27 heavy (non-hydrogen) atoms. The molecule has 3 rings (SSSR count). The van der Waals surface area contributed by atoms with Gasteiger partial charge in [0, 0.05) is 37.0 Å². The highest BCUT2D eigenvalue weighted by molar-refractivity contribution is 14.0. The minimum Gasteiger partial charge on any atom is -0.497 e. The molecule has 5 nitrogen and oxygen atoms in total. The van der Waals surface area contributed by atoms with Crippen LogP contribution in [0.5, 0.6) is 11.5 Å². The minimum absolute atomic E-state index is 0. The van der Waals surface area contributed by atoms with E-state index in [4.69, 9.17) is 9.47 Å². The number of ether oxygens (including phenoxy) is 2. The van der Waals surface area contributed by atoms with Crippen molar-refractivity contribution in [3.63, 3.8) is 0 Å². The predicted octanol–water partition coefficient (Wildman–Crippen LogP) is 4.20. The van der Waals surface area contributed by atoms with E-state index in [0.717, 1.165) is 41.6 Å². The van der Waals surface area contributed by atoms with Crippen molar-refractivity contribution in [3.05, 3.63) is 23.8 Å². The van der Waals surface area contributed by atoms with Crippen molar-refractivity contribution in [1.29, 1.82) is 0 Å². The van der Waals surface area contributed by atoms with Crippen molar-refractivity contribution in [2.45, 2.75) is 57.2 Å². The molecule has 1 aliphatic carbocycles. The van der Waals surface area contributed by atoms with Gasteiger partial charge in [-0.15, -0.1) is 24.0 Å². The molecule has 7 heteroatoms. The number of nitrogens with zero attached hydrogens (tertiary/aromatic N) is 1. The van der Waals surface area contributed by atoms with Gasteiger partial charge in [0.15, 0.2) is 5.96 Å². The fourth-order valence-corrected chi connectivity index (χ4v) is 4.60. The summed E-state index contributed by atoms with van der Waals surface area (Å²) < 4.78 is 11.7. The zero-order valence-electron chi connectivity index (χ0n) is 16.3. The molecule has 0 spiro atoms. The smallest absolute Gasteiger partial charge is 0.191 e. The van der Waals surface area contributed by atoms with E-state index < -0.39 is 0 Å². The second-order valence-electron chi connectivity index (χ2n) is 6.98. The third kappa shape index (κ3) is 6.93. The maximum atomic E-state index is 6.28. The Labute approximate surface area is 184 Å². The molecule has 0 radical (unpaired) electrons. The van der Waals surface area contributed by atoms with E-state index in [1.807, 2.05) is 30.9 Å². The average molecular weight is 505 g/mol. The molecule has 1 saturated heterocycles. The van der Waals surface area contributed by atoms with Crippen molar-refractivity contribution in [2.24, 2.45) is 4.99 Å². The summed E-state index contributed by atoms with van der Waals surface area (Å²) in [5.74, 6) is 5.05. The molecule has 1 aliphatic heterocycles. The average Bonchev–Trinajstić information content (AvgIpc) is 3.19. The Balaban J connectivity index is 0.00000261. The number of thioether (sulfide) groups is 1. The van der Waals surface area contributed by atoms with Gasteiger partial charge in [0.2, 0.25) is 0 Å². The Kier molecular flexibility index (Phi) is 9.89. The highest BCUT2D eigenvalue weighted by atomic mass is 127. The molecule has 2 N–H and O–H groups in total. The monoisotopic (exact) mass is 505 g/mol. The molecule has 2 aliphatic rings. The Morgan fingerprint density at radius 3 is 2.70 bits per heavy atom. The van der Waals surface area contributed by atoms with Crippen LogP contribution < -0.4 is 20.1 Å². The Morgan fingerprint density at radius 1 is 1.22 bits per heavy atom. The van der Waals surface area contributed by atoms with Crippen LogP contribution in [0.25, 0.3) is 0 Å². The second-order valence-corrected chi connectivity index (χ2v) is 8.13. The number of methoxy groups -OCH3 is 1. The number of rotatable bonds is 6. The Bertz CT molecular complexity index is 603. The third-order valence-electron chi connectivity index (χ3n) is 5.04. The van der Waals surface area contributed by atoms with Crippen LogP contribution >= 0.6 is 35.7 Å². The van der Waals surface area contributed by atoms with Crippen LogP contribution in [0.1, 0.15) is 44.1 Å². The largest absolute Gasteiger partial charge is 0.497 e. The predicted molar refractivity (Wildman–Crippen MR) is 125 cm³/mol. The van der Waals surface area contributed by atoms with E-state index >= 15 is 0 Å². The van der Waals surface area contributed by atoms with E-state index in [9.17, 15) is 0 Å². The van der Waals surface area contributed by atoms with Gasteiger partial charge in [0.1, 0.15) is 11.5 Å². The molecule has 1 aromatic rings. The van der Waals surface area contributed by atoms with Gasteiger partial charge in [-0.05, 0) is 56.4 Å². The molecule has 0 aromatic heterocycles. The van der Waals surface area contributed by atoms with E-state index in [1.54, 1.807) is 7.11 Å². The quantitative estimate of drug-likeness (QED) is 0.345. The molecule has 152 valence electrons. The summed E-state index contributed by atoms with van der Waals surface area (Å²) in [7, 11) is 3.52. The van der Waals surface area contributed by atoms with Crippen molar-refractivity contribution < 1.29 is 9.47 Å².